The Labute approximate surface area is 183 Å². The average molecular weight is 437 g/mol. The molecule has 0 saturated carbocycles. The number of carbonyl (C=O) groups is 1. The lowest BCUT2D eigenvalue weighted by molar-refractivity contribution is -0.386. The molecule has 7 nitrogen and oxygen atoms in total. The third-order valence-electron chi connectivity index (χ3n) is 4.59. The van der Waals surface area contributed by atoms with Gasteiger partial charge in [-0.25, -0.2) is 4.39 Å². The van der Waals surface area contributed by atoms with E-state index in [1.165, 1.54) is 20.3 Å². The van der Waals surface area contributed by atoms with Crippen molar-refractivity contribution in [2.75, 3.05) is 14.2 Å². The van der Waals surface area contributed by atoms with Crippen molar-refractivity contribution in [3.05, 3.63) is 99.4 Å². The summed E-state index contributed by atoms with van der Waals surface area (Å²) in [6.45, 7) is -0.0982. The van der Waals surface area contributed by atoms with Crippen molar-refractivity contribution in [2.24, 2.45) is 0 Å². The fraction of sp³-hybridized carbons (Fsp3) is 0.125. The van der Waals surface area contributed by atoms with E-state index in [2.05, 4.69) is 0 Å². The lowest BCUT2D eigenvalue weighted by Crippen LogP contribution is -2.02. The highest BCUT2D eigenvalue weighted by atomic mass is 19.1. The Morgan fingerprint density at radius 3 is 2.56 bits per heavy atom. The highest BCUT2D eigenvalue weighted by Crippen LogP contribution is 2.30. The molecule has 32 heavy (non-hydrogen) atoms. The first kappa shape index (κ1) is 22.5. The van der Waals surface area contributed by atoms with Crippen LogP contribution in [0.4, 0.5) is 10.1 Å². The summed E-state index contributed by atoms with van der Waals surface area (Å²) in [5, 5.41) is 11.2. The molecular formula is C24H20FNO6. The monoisotopic (exact) mass is 437 g/mol. The number of nitro groups is 1. The van der Waals surface area contributed by atoms with Gasteiger partial charge in [0.1, 0.15) is 23.9 Å². The van der Waals surface area contributed by atoms with Gasteiger partial charge in [0, 0.05) is 23.3 Å². The average Bonchev–Trinajstić information content (AvgIpc) is 2.81. The third kappa shape index (κ3) is 5.48. The topological polar surface area (TPSA) is 87.9 Å². The fourth-order valence-electron chi connectivity index (χ4n) is 2.97. The number of rotatable bonds is 9. The first-order valence-corrected chi connectivity index (χ1v) is 9.51. The van der Waals surface area contributed by atoms with Gasteiger partial charge >= 0.3 is 5.69 Å². The summed E-state index contributed by atoms with van der Waals surface area (Å²) in [7, 11) is 3.00. The molecule has 3 aromatic rings. The van der Waals surface area contributed by atoms with Gasteiger partial charge in [-0.1, -0.05) is 24.3 Å². The summed E-state index contributed by atoms with van der Waals surface area (Å²) >= 11 is 0. The molecule has 3 rings (SSSR count). The second-order valence-electron chi connectivity index (χ2n) is 6.66. The molecule has 3 aromatic carbocycles. The summed E-state index contributed by atoms with van der Waals surface area (Å²) in [6, 6.07) is 15.0. The Hall–Kier alpha value is -4.20. The molecule has 8 heteroatoms. The van der Waals surface area contributed by atoms with Crippen molar-refractivity contribution < 1.29 is 28.3 Å². The number of allylic oxidation sites excluding steroid dienone is 1. The summed E-state index contributed by atoms with van der Waals surface area (Å²) in [5.41, 5.74) is 1.40. The zero-order valence-electron chi connectivity index (χ0n) is 17.4. The van der Waals surface area contributed by atoms with E-state index in [0.717, 1.165) is 18.2 Å². The third-order valence-corrected chi connectivity index (χ3v) is 4.59. The number of hydrogen-bond donors (Lipinski definition) is 0. The van der Waals surface area contributed by atoms with Gasteiger partial charge in [0.2, 0.25) is 0 Å². The lowest BCUT2D eigenvalue weighted by Gasteiger charge is -2.11. The number of nitro benzene ring substituents is 1. The SMILES string of the molecule is COc1cccc(C(=O)/C=C/c2ccc(OC)c(COc3cc(F)ccc3[N+](=O)[O-])c2)c1. The van der Waals surface area contributed by atoms with Crippen LogP contribution in [0, 0.1) is 15.9 Å². The number of hydrogen-bond acceptors (Lipinski definition) is 6. The molecule has 0 aliphatic carbocycles. The summed E-state index contributed by atoms with van der Waals surface area (Å²) in [5.74, 6) is 0.0318. The van der Waals surface area contributed by atoms with Crippen LogP contribution in [-0.2, 0) is 6.61 Å². The molecule has 0 amide bonds. The summed E-state index contributed by atoms with van der Waals surface area (Å²) < 4.78 is 29.5. The largest absolute Gasteiger partial charge is 0.497 e. The maximum Gasteiger partial charge on any atom is 0.311 e. The van der Waals surface area contributed by atoms with Gasteiger partial charge in [-0.3, -0.25) is 14.9 Å². The molecule has 0 aliphatic rings. The zero-order valence-corrected chi connectivity index (χ0v) is 17.4. The lowest BCUT2D eigenvalue weighted by atomic mass is 10.1. The maximum atomic E-state index is 13.5. The number of ketones is 1. The van der Waals surface area contributed by atoms with Gasteiger partial charge in [-0.15, -0.1) is 0 Å². The van der Waals surface area contributed by atoms with E-state index in [1.54, 1.807) is 48.5 Å². The van der Waals surface area contributed by atoms with E-state index in [0.29, 0.717) is 28.2 Å². The van der Waals surface area contributed by atoms with Gasteiger partial charge in [-0.2, -0.15) is 0 Å². The number of ether oxygens (including phenoxy) is 3. The molecule has 0 atom stereocenters. The van der Waals surface area contributed by atoms with Crippen molar-refractivity contribution in [2.45, 2.75) is 6.61 Å². The van der Waals surface area contributed by atoms with E-state index in [-0.39, 0.29) is 23.8 Å². The first-order chi connectivity index (χ1) is 15.4. The normalized spacial score (nSPS) is 10.7. The van der Waals surface area contributed by atoms with Crippen molar-refractivity contribution in [1.29, 1.82) is 0 Å². The number of halogens is 1. The van der Waals surface area contributed by atoms with Crippen molar-refractivity contribution in [1.82, 2.24) is 0 Å². The van der Waals surface area contributed by atoms with Crippen molar-refractivity contribution in [3.8, 4) is 17.2 Å². The fourth-order valence-corrected chi connectivity index (χ4v) is 2.97. The first-order valence-electron chi connectivity index (χ1n) is 9.51. The van der Waals surface area contributed by atoms with Gasteiger partial charge < -0.3 is 14.2 Å². The molecule has 0 N–H and O–H groups in total. The van der Waals surface area contributed by atoms with Crippen LogP contribution < -0.4 is 14.2 Å². The van der Waals surface area contributed by atoms with Crippen LogP contribution in [0.15, 0.2) is 66.7 Å². The minimum absolute atomic E-state index is 0.0982. The Balaban J connectivity index is 1.80. The van der Waals surface area contributed by atoms with Crippen LogP contribution >= 0.6 is 0 Å². The van der Waals surface area contributed by atoms with E-state index in [1.807, 2.05) is 0 Å². The molecule has 0 aliphatic heterocycles. The Morgan fingerprint density at radius 1 is 1.03 bits per heavy atom. The molecule has 0 heterocycles. The molecular weight excluding hydrogens is 417 g/mol. The minimum Gasteiger partial charge on any atom is -0.497 e. The van der Waals surface area contributed by atoms with Crippen LogP contribution in [0.25, 0.3) is 6.08 Å². The van der Waals surface area contributed by atoms with E-state index in [4.69, 9.17) is 14.2 Å². The number of nitrogens with zero attached hydrogens (tertiary/aromatic N) is 1. The molecule has 0 spiro atoms. The van der Waals surface area contributed by atoms with Crippen LogP contribution in [0.1, 0.15) is 21.5 Å². The van der Waals surface area contributed by atoms with Gasteiger partial charge in [0.15, 0.2) is 11.5 Å². The molecule has 0 unspecified atom stereocenters. The predicted octanol–water partition coefficient (Wildman–Crippen LogP) is 5.23. The van der Waals surface area contributed by atoms with Crippen LogP contribution in [0.3, 0.4) is 0 Å². The van der Waals surface area contributed by atoms with Crippen molar-refractivity contribution in [3.63, 3.8) is 0 Å². The highest BCUT2D eigenvalue weighted by molar-refractivity contribution is 6.07. The minimum atomic E-state index is -0.648. The number of methoxy groups -OCH3 is 2. The van der Waals surface area contributed by atoms with Crippen LogP contribution in [0.5, 0.6) is 17.2 Å². The molecule has 0 bridgehead atoms. The second kappa shape index (κ2) is 10.2. The number of carbonyl (C=O) groups excluding carboxylic acids is 1. The van der Waals surface area contributed by atoms with Crippen LogP contribution in [-0.4, -0.2) is 24.9 Å². The maximum absolute atomic E-state index is 13.5. The quantitative estimate of drug-likeness (QED) is 0.197. The second-order valence-corrected chi connectivity index (χ2v) is 6.66. The Kier molecular flexibility index (Phi) is 7.17. The van der Waals surface area contributed by atoms with Gasteiger partial charge in [0.05, 0.1) is 19.1 Å². The molecule has 0 radical (unpaired) electrons. The van der Waals surface area contributed by atoms with Crippen molar-refractivity contribution >= 4 is 17.5 Å². The van der Waals surface area contributed by atoms with E-state index >= 15 is 0 Å². The Bertz CT molecular complexity index is 1170. The Morgan fingerprint density at radius 2 is 1.84 bits per heavy atom. The highest BCUT2D eigenvalue weighted by Gasteiger charge is 2.17. The molecule has 0 fully saturated rings. The van der Waals surface area contributed by atoms with E-state index < -0.39 is 10.7 Å². The molecule has 0 aromatic heterocycles. The van der Waals surface area contributed by atoms with Crippen LogP contribution in [0.2, 0.25) is 0 Å². The zero-order chi connectivity index (χ0) is 23.1. The van der Waals surface area contributed by atoms with Gasteiger partial charge in [-0.05, 0) is 42.0 Å². The summed E-state index contributed by atoms with van der Waals surface area (Å²) in [6.07, 6.45) is 3.06. The van der Waals surface area contributed by atoms with Gasteiger partial charge in [0.25, 0.3) is 0 Å². The summed E-state index contributed by atoms with van der Waals surface area (Å²) in [4.78, 5) is 23.0. The smallest absolute Gasteiger partial charge is 0.311 e. The van der Waals surface area contributed by atoms with E-state index in [9.17, 15) is 19.3 Å². The predicted molar refractivity (Wildman–Crippen MR) is 117 cm³/mol. The standard InChI is InChI=1S/C24H20FNO6/c1-30-20-5-3-4-17(13-20)22(27)10-6-16-7-11-23(31-2)18(12-16)15-32-24-14-19(25)8-9-21(24)26(28)29/h3-14H,15H2,1-2H3/b10-6+. The molecule has 164 valence electrons. The number of benzene rings is 3. The molecule has 0 saturated heterocycles.